The Hall–Kier alpha value is -1.03. The van der Waals surface area contributed by atoms with Crippen LogP contribution in [0.4, 0.5) is 0 Å². The molecule has 0 fully saturated rings. The molecule has 0 aliphatic carbocycles. The maximum atomic E-state index is 11.2. The van der Waals surface area contributed by atoms with Crippen molar-refractivity contribution in [1.82, 2.24) is 0 Å². The molecule has 0 spiro atoms. The molecule has 0 aromatic carbocycles. The Balaban J connectivity index is 2.55. The van der Waals surface area contributed by atoms with E-state index in [1.807, 2.05) is 26.8 Å². The van der Waals surface area contributed by atoms with E-state index < -0.39 is 0 Å². The highest BCUT2D eigenvalue weighted by Gasteiger charge is 2.10. The maximum Gasteiger partial charge on any atom is 0.306 e. The summed E-state index contributed by atoms with van der Waals surface area (Å²) < 4.78 is 10.4. The Bertz CT molecular complexity index is 344. The van der Waals surface area contributed by atoms with E-state index in [-0.39, 0.29) is 5.97 Å². The zero-order valence-corrected chi connectivity index (χ0v) is 10.9. The summed E-state index contributed by atoms with van der Waals surface area (Å²) in [4.78, 5) is 13.6. The van der Waals surface area contributed by atoms with Gasteiger partial charge in [0.15, 0.2) is 0 Å². The van der Waals surface area contributed by atoms with Crippen LogP contribution in [0.2, 0.25) is 0 Å². The zero-order chi connectivity index (χ0) is 12.0. The van der Waals surface area contributed by atoms with Gasteiger partial charge in [-0.05, 0) is 33.3 Å². The van der Waals surface area contributed by atoms with Crippen LogP contribution in [-0.2, 0) is 16.0 Å². The number of ether oxygens (including phenoxy) is 2. The second kappa shape index (κ2) is 6.53. The highest BCUT2D eigenvalue weighted by Crippen LogP contribution is 2.30. The average molecular weight is 242 g/mol. The molecule has 0 aliphatic rings. The molecule has 0 amide bonds. The molecule has 0 atom stereocenters. The minimum absolute atomic E-state index is 0.143. The van der Waals surface area contributed by atoms with E-state index in [2.05, 4.69) is 0 Å². The number of hydrogen-bond donors (Lipinski definition) is 0. The third kappa shape index (κ3) is 3.85. The normalized spacial score (nSPS) is 10.2. The zero-order valence-electron chi connectivity index (χ0n) is 10.0. The predicted molar refractivity (Wildman–Crippen MR) is 65.2 cm³/mol. The minimum Gasteiger partial charge on any atom is -0.493 e. The second-order valence-electron chi connectivity index (χ2n) is 3.38. The molecule has 0 bridgehead atoms. The fourth-order valence-electron chi connectivity index (χ4n) is 1.44. The van der Waals surface area contributed by atoms with Crippen LogP contribution in [-0.4, -0.2) is 19.2 Å². The van der Waals surface area contributed by atoms with Gasteiger partial charge in [-0.2, -0.15) is 0 Å². The molecule has 0 aliphatic heterocycles. The highest BCUT2D eigenvalue weighted by molar-refractivity contribution is 7.12. The van der Waals surface area contributed by atoms with Crippen LogP contribution in [0.1, 0.15) is 30.0 Å². The topological polar surface area (TPSA) is 35.5 Å². The van der Waals surface area contributed by atoms with E-state index in [4.69, 9.17) is 9.47 Å². The second-order valence-corrected chi connectivity index (χ2v) is 4.72. The molecule has 1 rings (SSSR count). The number of aryl methyl sites for hydroxylation is 2. The lowest BCUT2D eigenvalue weighted by atomic mass is 10.2. The van der Waals surface area contributed by atoms with Gasteiger partial charge in [0.1, 0.15) is 5.75 Å². The first-order valence-electron chi connectivity index (χ1n) is 5.55. The summed E-state index contributed by atoms with van der Waals surface area (Å²) in [5.41, 5.74) is 0. The van der Waals surface area contributed by atoms with E-state index in [0.717, 1.165) is 10.6 Å². The molecule has 90 valence electrons. The summed E-state index contributed by atoms with van der Waals surface area (Å²) in [6.45, 7) is 6.92. The van der Waals surface area contributed by atoms with Crippen molar-refractivity contribution in [1.29, 1.82) is 0 Å². The van der Waals surface area contributed by atoms with Gasteiger partial charge in [-0.3, -0.25) is 4.79 Å². The summed E-state index contributed by atoms with van der Waals surface area (Å²) in [5, 5.41) is 0. The third-order valence-electron chi connectivity index (χ3n) is 2.05. The molecular weight excluding hydrogens is 224 g/mol. The number of carbonyl (C=O) groups is 1. The Morgan fingerprint density at radius 2 is 2.12 bits per heavy atom. The van der Waals surface area contributed by atoms with Crippen molar-refractivity contribution in [3.05, 3.63) is 15.8 Å². The summed E-state index contributed by atoms with van der Waals surface area (Å²) in [6, 6.07) is 2.02. The Labute approximate surface area is 100 Å². The van der Waals surface area contributed by atoms with Crippen LogP contribution in [0, 0.1) is 6.92 Å². The maximum absolute atomic E-state index is 11.2. The first kappa shape index (κ1) is 13.0. The number of hydrogen-bond acceptors (Lipinski definition) is 4. The number of carbonyl (C=O) groups excluding carboxylic acids is 1. The largest absolute Gasteiger partial charge is 0.493 e. The SMILES string of the molecule is CCOC(=O)CCc1sc(C)cc1OCC. The van der Waals surface area contributed by atoms with Crippen LogP contribution >= 0.6 is 11.3 Å². The van der Waals surface area contributed by atoms with Crippen LogP contribution < -0.4 is 4.74 Å². The standard InChI is InChI=1S/C12H18O3S/c1-4-14-10-8-9(3)16-11(10)6-7-12(13)15-5-2/h8H,4-7H2,1-3H3. The van der Waals surface area contributed by atoms with Crippen LogP contribution in [0.5, 0.6) is 5.75 Å². The number of esters is 1. The Morgan fingerprint density at radius 1 is 1.38 bits per heavy atom. The Kier molecular flexibility index (Phi) is 5.32. The van der Waals surface area contributed by atoms with E-state index in [1.54, 1.807) is 11.3 Å². The fraction of sp³-hybridized carbons (Fsp3) is 0.583. The summed E-state index contributed by atoms with van der Waals surface area (Å²) >= 11 is 1.68. The summed E-state index contributed by atoms with van der Waals surface area (Å²) in [6.07, 6.45) is 1.13. The lowest BCUT2D eigenvalue weighted by Crippen LogP contribution is -2.05. The molecular formula is C12H18O3S. The molecule has 0 saturated carbocycles. The van der Waals surface area contributed by atoms with E-state index in [1.165, 1.54) is 4.88 Å². The molecule has 3 nitrogen and oxygen atoms in total. The lowest BCUT2D eigenvalue weighted by Gasteiger charge is -2.04. The monoisotopic (exact) mass is 242 g/mol. The van der Waals surface area contributed by atoms with Gasteiger partial charge >= 0.3 is 5.97 Å². The molecule has 1 aromatic rings. The quantitative estimate of drug-likeness (QED) is 0.719. The van der Waals surface area contributed by atoms with Crippen molar-refractivity contribution >= 4 is 17.3 Å². The van der Waals surface area contributed by atoms with E-state index in [0.29, 0.717) is 26.1 Å². The van der Waals surface area contributed by atoms with Gasteiger partial charge in [0.2, 0.25) is 0 Å². The van der Waals surface area contributed by atoms with Crippen LogP contribution in [0.15, 0.2) is 6.07 Å². The number of rotatable bonds is 6. The van der Waals surface area contributed by atoms with Gasteiger partial charge in [-0.25, -0.2) is 0 Å². The molecule has 0 unspecified atom stereocenters. The molecule has 0 radical (unpaired) electrons. The van der Waals surface area contributed by atoms with Gasteiger partial charge in [-0.15, -0.1) is 11.3 Å². The summed E-state index contributed by atoms with van der Waals surface area (Å²) in [5.74, 6) is 0.769. The van der Waals surface area contributed by atoms with Crippen molar-refractivity contribution in [2.75, 3.05) is 13.2 Å². The smallest absolute Gasteiger partial charge is 0.306 e. The van der Waals surface area contributed by atoms with Crippen LogP contribution in [0.25, 0.3) is 0 Å². The van der Waals surface area contributed by atoms with Crippen LogP contribution in [0.3, 0.4) is 0 Å². The molecule has 1 heterocycles. The predicted octanol–water partition coefficient (Wildman–Crippen LogP) is 2.95. The van der Waals surface area contributed by atoms with Gasteiger partial charge in [0, 0.05) is 9.75 Å². The molecule has 0 N–H and O–H groups in total. The third-order valence-corrected chi connectivity index (χ3v) is 3.15. The van der Waals surface area contributed by atoms with E-state index in [9.17, 15) is 4.79 Å². The van der Waals surface area contributed by atoms with Crippen molar-refractivity contribution in [2.45, 2.75) is 33.6 Å². The van der Waals surface area contributed by atoms with Gasteiger partial charge in [0.05, 0.1) is 19.6 Å². The first-order valence-corrected chi connectivity index (χ1v) is 6.36. The molecule has 1 aromatic heterocycles. The van der Waals surface area contributed by atoms with Gasteiger partial charge in [-0.1, -0.05) is 0 Å². The van der Waals surface area contributed by atoms with Crippen molar-refractivity contribution in [3.63, 3.8) is 0 Å². The fourth-order valence-corrected chi connectivity index (χ4v) is 2.42. The Morgan fingerprint density at radius 3 is 2.75 bits per heavy atom. The number of thiophene rings is 1. The van der Waals surface area contributed by atoms with E-state index >= 15 is 0 Å². The van der Waals surface area contributed by atoms with Crippen molar-refractivity contribution in [3.8, 4) is 5.75 Å². The molecule has 0 saturated heterocycles. The highest BCUT2D eigenvalue weighted by atomic mass is 32.1. The van der Waals surface area contributed by atoms with Crippen molar-refractivity contribution in [2.24, 2.45) is 0 Å². The minimum atomic E-state index is -0.143. The van der Waals surface area contributed by atoms with Gasteiger partial charge < -0.3 is 9.47 Å². The lowest BCUT2D eigenvalue weighted by molar-refractivity contribution is -0.143. The average Bonchev–Trinajstić information content (AvgIpc) is 2.57. The summed E-state index contributed by atoms with van der Waals surface area (Å²) in [7, 11) is 0. The first-order chi connectivity index (χ1) is 7.67. The molecule has 4 heteroatoms. The molecule has 16 heavy (non-hydrogen) atoms. The van der Waals surface area contributed by atoms with Gasteiger partial charge in [0.25, 0.3) is 0 Å². The van der Waals surface area contributed by atoms with Crippen molar-refractivity contribution < 1.29 is 14.3 Å².